The number of imidazole rings is 1. The lowest BCUT2D eigenvalue weighted by molar-refractivity contribution is -0.138. The Balaban J connectivity index is 1.22. The second kappa shape index (κ2) is 13.0. The molecule has 1 aliphatic rings. The minimum Gasteiger partial charge on any atom is -0.480 e. The van der Waals surface area contributed by atoms with Crippen molar-refractivity contribution in [2.75, 3.05) is 18.4 Å². The number of carboxylic acid groups (broad SMARTS) is 1. The average molecular weight is 555 g/mol. The molecule has 12 nitrogen and oxygen atoms in total. The normalized spacial score (nSPS) is 15.7. The van der Waals surface area contributed by atoms with Crippen LogP contribution in [0.1, 0.15) is 25.7 Å². The second-order valence-electron chi connectivity index (χ2n) is 8.94. The first-order chi connectivity index (χ1) is 18.8. The number of anilines is 1. The van der Waals surface area contributed by atoms with Gasteiger partial charge in [-0.2, -0.15) is 4.72 Å². The molecule has 3 aromatic rings. The van der Waals surface area contributed by atoms with Gasteiger partial charge >= 0.3 is 5.97 Å². The first kappa shape index (κ1) is 27.8. The lowest BCUT2D eigenvalue weighted by Gasteiger charge is -2.16. The van der Waals surface area contributed by atoms with E-state index in [2.05, 4.69) is 30.5 Å². The summed E-state index contributed by atoms with van der Waals surface area (Å²) in [5, 5.41) is 19.0. The zero-order valence-electron chi connectivity index (χ0n) is 21.0. The predicted molar refractivity (Wildman–Crippen MR) is 144 cm³/mol. The van der Waals surface area contributed by atoms with E-state index in [0.29, 0.717) is 12.4 Å². The molecule has 13 heteroatoms. The van der Waals surface area contributed by atoms with Gasteiger partial charge in [-0.05, 0) is 42.5 Å². The molecule has 5 N–H and O–H groups in total. The van der Waals surface area contributed by atoms with Crippen LogP contribution < -0.4 is 15.4 Å². The van der Waals surface area contributed by atoms with Gasteiger partial charge in [-0.15, -0.1) is 0 Å². The summed E-state index contributed by atoms with van der Waals surface area (Å²) in [5.41, 5.74) is 1.88. The Morgan fingerprint density at radius 3 is 2.51 bits per heavy atom. The molecule has 2 heterocycles. The van der Waals surface area contributed by atoms with Gasteiger partial charge in [0.15, 0.2) is 5.95 Å². The molecule has 4 rings (SSSR count). The summed E-state index contributed by atoms with van der Waals surface area (Å²) in [6.07, 6.45) is 5.85. The summed E-state index contributed by atoms with van der Waals surface area (Å²) in [6.45, 7) is 0.274. The molecule has 1 unspecified atom stereocenters. The zero-order chi connectivity index (χ0) is 27.7. The van der Waals surface area contributed by atoms with Crippen molar-refractivity contribution in [1.82, 2.24) is 20.0 Å². The van der Waals surface area contributed by atoms with Crippen LogP contribution in [0.2, 0.25) is 0 Å². The minimum atomic E-state index is -4.16. The number of nitrogens with zero attached hydrogens (tertiary/aromatic N) is 2. The number of benzene rings is 2. The number of sulfonamides is 1. The predicted octanol–water partition coefficient (Wildman–Crippen LogP) is 2.35. The van der Waals surface area contributed by atoms with E-state index in [1.54, 1.807) is 24.5 Å². The molecule has 2 atom stereocenters. The Hall–Kier alpha value is -4.23. The van der Waals surface area contributed by atoms with E-state index < -0.39 is 34.5 Å². The van der Waals surface area contributed by atoms with Crippen LogP contribution in [0, 0.1) is 0 Å². The van der Waals surface area contributed by atoms with Gasteiger partial charge in [0.25, 0.3) is 5.91 Å². The van der Waals surface area contributed by atoms with Crippen LogP contribution in [-0.4, -0.2) is 66.3 Å². The summed E-state index contributed by atoms with van der Waals surface area (Å²) >= 11 is 0. The van der Waals surface area contributed by atoms with Crippen molar-refractivity contribution in [3.8, 4) is 11.1 Å². The fourth-order valence-electron chi connectivity index (χ4n) is 3.97. The van der Waals surface area contributed by atoms with Crippen LogP contribution in [0.15, 0.2) is 77.0 Å². The van der Waals surface area contributed by atoms with E-state index in [-0.39, 0.29) is 23.1 Å². The van der Waals surface area contributed by atoms with Crippen LogP contribution in [0.4, 0.5) is 5.95 Å². The Kier molecular flexibility index (Phi) is 9.28. The molecule has 0 radical (unpaired) electrons. The van der Waals surface area contributed by atoms with Gasteiger partial charge in [0, 0.05) is 31.9 Å². The van der Waals surface area contributed by atoms with Crippen molar-refractivity contribution in [2.45, 2.75) is 42.7 Å². The maximum Gasteiger partial charge on any atom is 0.323 e. The number of carboxylic acids is 1. The Labute approximate surface area is 225 Å². The number of oxime groups is 1. The summed E-state index contributed by atoms with van der Waals surface area (Å²) < 4.78 is 27.8. The van der Waals surface area contributed by atoms with E-state index in [9.17, 15) is 23.1 Å². The highest BCUT2D eigenvalue weighted by molar-refractivity contribution is 7.89. The second-order valence-corrected chi connectivity index (χ2v) is 10.7. The Morgan fingerprint density at radius 2 is 1.82 bits per heavy atom. The van der Waals surface area contributed by atoms with Crippen molar-refractivity contribution >= 4 is 33.6 Å². The number of hydrogen-bond donors (Lipinski definition) is 5. The largest absolute Gasteiger partial charge is 0.480 e. The molecule has 0 fully saturated rings. The molecule has 0 aliphatic carbocycles. The van der Waals surface area contributed by atoms with Crippen LogP contribution in [0.25, 0.3) is 11.1 Å². The van der Waals surface area contributed by atoms with Gasteiger partial charge in [0.05, 0.1) is 4.90 Å². The highest BCUT2D eigenvalue weighted by atomic mass is 32.2. The monoisotopic (exact) mass is 554 g/mol. The number of H-pyrrole nitrogens is 1. The number of amides is 1. The highest BCUT2D eigenvalue weighted by Crippen LogP contribution is 2.21. The molecule has 0 saturated heterocycles. The standard InChI is InChI=1S/C26H30N6O6S/c33-24(22-16-20(38-31-22)8-4-5-13-27-26-28-14-15-29-26)30-17-23(25(34)35)32-39(36,37)21-11-9-19(10-12-21)18-6-2-1-3-7-18/h1-3,6-7,9-12,14-15,20,23,32H,4-5,8,13,16-17H2,(H,30,33)(H,34,35)(H2,27,28,29)/t20?,23-/m0/s1. The molecule has 0 saturated carbocycles. The third kappa shape index (κ3) is 7.88. The number of rotatable bonds is 14. The lowest BCUT2D eigenvalue weighted by atomic mass is 10.1. The molecule has 1 aromatic heterocycles. The van der Waals surface area contributed by atoms with Gasteiger partial charge in [-0.25, -0.2) is 13.4 Å². The third-order valence-electron chi connectivity index (χ3n) is 6.07. The summed E-state index contributed by atoms with van der Waals surface area (Å²) in [5.74, 6) is -1.32. The van der Waals surface area contributed by atoms with Gasteiger partial charge in [-0.1, -0.05) is 47.6 Å². The maximum absolute atomic E-state index is 12.8. The number of aromatic nitrogens is 2. The zero-order valence-corrected chi connectivity index (χ0v) is 21.9. The number of unbranched alkanes of at least 4 members (excludes halogenated alkanes) is 1. The molecule has 1 aliphatic heterocycles. The summed E-state index contributed by atoms with van der Waals surface area (Å²) in [6, 6.07) is 13.9. The van der Waals surface area contributed by atoms with E-state index in [1.165, 1.54) is 12.1 Å². The molecule has 39 heavy (non-hydrogen) atoms. The number of carbonyl (C=O) groups is 2. The SMILES string of the molecule is O=C(NC[C@H](NS(=O)(=O)c1ccc(-c2ccccc2)cc1)C(=O)O)C1=NOC(CCCCNc2ncc[nH]2)C1. The van der Waals surface area contributed by atoms with Crippen molar-refractivity contribution in [2.24, 2.45) is 5.16 Å². The van der Waals surface area contributed by atoms with Gasteiger partial charge in [-0.3, -0.25) is 9.59 Å². The smallest absolute Gasteiger partial charge is 0.323 e. The number of aromatic amines is 1. The van der Waals surface area contributed by atoms with Crippen LogP contribution in [-0.2, 0) is 24.4 Å². The number of nitrogens with one attached hydrogen (secondary N) is 4. The van der Waals surface area contributed by atoms with Crippen LogP contribution in [0.3, 0.4) is 0 Å². The summed E-state index contributed by atoms with van der Waals surface area (Å²) in [7, 11) is -4.16. The van der Waals surface area contributed by atoms with Crippen molar-refractivity contribution in [3.05, 3.63) is 67.0 Å². The van der Waals surface area contributed by atoms with Crippen molar-refractivity contribution in [3.63, 3.8) is 0 Å². The van der Waals surface area contributed by atoms with E-state index >= 15 is 0 Å². The van der Waals surface area contributed by atoms with Crippen LogP contribution >= 0.6 is 0 Å². The minimum absolute atomic E-state index is 0.0875. The van der Waals surface area contributed by atoms with Crippen molar-refractivity contribution < 1.29 is 28.0 Å². The topological polar surface area (TPSA) is 175 Å². The maximum atomic E-state index is 12.8. The molecule has 1 amide bonds. The molecular weight excluding hydrogens is 524 g/mol. The number of carbonyl (C=O) groups excluding carboxylic acids is 1. The summed E-state index contributed by atoms with van der Waals surface area (Å²) in [4.78, 5) is 36.5. The van der Waals surface area contributed by atoms with E-state index in [0.717, 1.165) is 30.5 Å². The van der Waals surface area contributed by atoms with Gasteiger partial charge < -0.3 is 25.6 Å². The van der Waals surface area contributed by atoms with Crippen molar-refractivity contribution in [1.29, 1.82) is 0 Å². The Morgan fingerprint density at radius 1 is 1.08 bits per heavy atom. The fourth-order valence-corrected chi connectivity index (χ4v) is 5.16. The van der Waals surface area contributed by atoms with Gasteiger partial charge in [0.2, 0.25) is 10.0 Å². The first-order valence-electron chi connectivity index (χ1n) is 12.5. The van der Waals surface area contributed by atoms with E-state index in [1.807, 2.05) is 30.3 Å². The Bertz CT molecular complexity index is 1380. The van der Waals surface area contributed by atoms with Gasteiger partial charge in [0.1, 0.15) is 17.9 Å². The average Bonchev–Trinajstić information content (AvgIpc) is 3.64. The number of aliphatic carboxylic acids is 1. The highest BCUT2D eigenvalue weighted by Gasteiger charge is 2.29. The molecule has 206 valence electrons. The quantitative estimate of drug-likeness (QED) is 0.189. The molecule has 2 aromatic carbocycles. The van der Waals surface area contributed by atoms with E-state index in [4.69, 9.17) is 4.84 Å². The third-order valence-corrected chi connectivity index (χ3v) is 7.56. The molecular formula is C26H30N6O6S. The molecule has 0 bridgehead atoms. The van der Waals surface area contributed by atoms with Crippen LogP contribution in [0.5, 0.6) is 0 Å². The fraction of sp³-hybridized carbons (Fsp3) is 0.308. The lowest BCUT2D eigenvalue weighted by Crippen LogP contribution is -2.49. The number of hydrogen-bond acceptors (Lipinski definition) is 8. The first-order valence-corrected chi connectivity index (χ1v) is 13.9. The molecule has 0 spiro atoms.